The molecule has 1 aliphatic carbocycles. The van der Waals surface area contributed by atoms with Crippen LogP contribution in [0.4, 0.5) is 5.69 Å². The predicted molar refractivity (Wildman–Crippen MR) is 117 cm³/mol. The van der Waals surface area contributed by atoms with Gasteiger partial charge in [-0.3, -0.25) is 4.79 Å². The van der Waals surface area contributed by atoms with E-state index in [1.807, 2.05) is 0 Å². The predicted octanol–water partition coefficient (Wildman–Crippen LogP) is 2.00. The molecule has 1 amide bonds. The summed E-state index contributed by atoms with van der Waals surface area (Å²) in [5.74, 6) is -0.105. The fraction of sp³-hybridized carbons (Fsp3) is 0.435. The van der Waals surface area contributed by atoms with E-state index in [1.54, 1.807) is 24.3 Å². The largest absolute Gasteiger partial charge is 0.323 e. The minimum absolute atomic E-state index is 0.105. The SMILES string of the molecule is C[NH+](CC(=O)Nc1cccc(S(=O)(=O)N2CCCC2)c1)[C@@H]1CCCc2ccccc21. The lowest BCUT2D eigenvalue weighted by atomic mass is 9.87. The molecule has 2 N–H and O–H groups in total. The number of amides is 1. The first-order chi connectivity index (χ1) is 14.4. The number of nitrogens with zero attached hydrogens (tertiary/aromatic N) is 1. The molecule has 30 heavy (non-hydrogen) atoms. The van der Waals surface area contributed by atoms with Gasteiger partial charge >= 0.3 is 0 Å². The summed E-state index contributed by atoms with van der Waals surface area (Å²) >= 11 is 0. The van der Waals surface area contributed by atoms with E-state index >= 15 is 0 Å². The average molecular weight is 429 g/mol. The van der Waals surface area contributed by atoms with Crippen molar-refractivity contribution in [3.63, 3.8) is 0 Å². The van der Waals surface area contributed by atoms with Crippen LogP contribution in [-0.4, -0.2) is 45.3 Å². The molecule has 7 heteroatoms. The highest BCUT2D eigenvalue weighted by Crippen LogP contribution is 2.27. The van der Waals surface area contributed by atoms with Crippen LogP contribution in [0.1, 0.15) is 42.9 Å². The molecule has 160 valence electrons. The van der Waals surface area contributed by atoms with E-state index < -0.39 is 10.0 Å². The second kappa shape index (κ2) is 8.88. The average Bonchev–Trinajstić information content (AvgIpc) is 3.29. The van der Waals surface area contributed by atoms with Crippen molar-refractivity contribution in [2.45, 2.75) is 43.0 Å². The molecule has 6 nitrogen and oxygen atoms in total. The maximum atomic E-state index is 12.8. The van der Waals surface area contributed by atoms with Gasteiger partial charge in [0.2, 0.25) is 10.0 Å². The zero-order valence-corrected chi connectivity index (χ0v) is 18.2. The maximum Gasteiger partial charge on any atom is 0.279 e. The lowest BCUT2D eigenvalue weighted by Crippen LogP contribution is -3.10. The summed E-state index contributed by atoms with van der Waals surface area (Å²) in [5.41, 5.74) is 3.25. The molecule has 0 saturated carbocycles. The van der Waals surface area contributed by atoms with E-state index in [-0.39, 0.29) is 10.8 Å². The smallest absolute Gasteiger partial charge is 0.279 e. The zero-order chi connectivity index (χ0) is 21.1. The molecule has 1 fully saturated rings. The fourth-order valence-corrected chi connectivity index (χ4v) is 6.22. The highest BCUT2D eigenvalue weighted by molar-refractivity contribution is 7.89. The Morgan fingerprint density at radius 2 is 1.87 bits per heavy atom. The van der Waals surface area contributed by atoms with Gasteiger partial charge in [-0.25, -0.2) is 8.42 Å². The van der Waals surface area contributed by atoms with Crippen LogP contribution < -0.4 is 10.2 Å². The van der Waals surface area contributed by atoms with Gasteiger partial charge in [-0.2, -0.15) is 4.31 Å². The number of carbonyl (C=O) groups excluding carboxylic acids is 1. The number of rotatable bonds is 6. The monoisotopic (exact) mass is 428 g/mol. The molecule has 0 aromatic heterocycles. The third kappa shape index (κ3) is 4.43. The van der Waals surface area contributed by atoms with Crippen molar-refractivity contribution in [1.82, 2.24) is 4.31 Å². The van der Waals surface area contributed by atoms with Crippen LogP contribution in [0.5, 0.6) is 0 Å². The normalized spacial score (nSPS) is 20.5. The zero-order valence-electron chi connectivity index (χ0n) is 17.4. The Hall–Kier alpha value is -2.22. The molecule has 1 aliphatic heterocycles. The lowest BCUT2D eigenvalue weighted by molar-refractivity contribution is -0.905. The van der Waals surface area contributed by atoms with Crippen LogP contribution >= 0.6 is 0 Å². The summed E-state index contributed by atoms with van der Waals surface area (Å²) in [6.45, 7) is 1.47. The van der Waals surface area contributed by atoms with Gasteiger partial charge in [-0.15, -0.1) is 0 Å². The summed E-state index contributed by atoms with van der Waals surface area (Å²) in [6, 6.07) is 15.4. The molecular weight excluding hydrogens is 398 g/mol. The number of likely N-dealkylation sites (N-methyl/N-ethyl adjacent to an activating group) is 1. The van der Waals surface area contributed by atoms with Crippen LogP contribution in [0.3, 0.4) is 0 Å². The first-order valence-corrected chi connectivity index (χ1v) is 12.2. The molecular formula is C23H30N3O3S+. The summed E-state index contributed by atoms with van der Waals surface area (Å²) in [7, 11) is -1.44. The number of hydrogen-bond acceptors (Lipinski definition) is 3. The van der Waals surface area contributed by atoms with Crippen LogP contribution in [0.2, 0.25) is 0 Å². The van der Waals surface area contributed by atoms with Crippen LogP contribution in [-0.2, 0) is 21.2 Å². The van der Waals surface area contributed by atoms with Crippen LogP contribution in [0.25, 0.3) is 0 Å². The van der Waals surface area contributed by atoms with Crippen molar-refractivity contribution in [2.24, 2.45) is 0 Å². The highest BCUT2D eigenvalue weighted by Gasteiger charge is 2.29. The van der Waals surface area contributed by atoms with Gasteiger partial charge in [0.05, 0.1) is 11.9 Å². The number of sulfonamides is 1. The Morgan fingerprint density at radius 1 is 1.10 bits per heavy atom. The Labute approximate surface area is 178 Å². The van der Waals surface area contributed by atoms with Gasteiger partial charge in [0.25, 0.3) is 5.91 Å². The lowest BCUT2D eigenvalue weighted by Gasteiger charge is -2.30. The Kier molecular flexibility index (Phi) is 6.22. The van der Waals surface area contributed by atoms with Crippen LogP contribution in [0.15, 0.2) is 53.4 Å². The minimum atomic E-state index is -3.49. The fourth-order valence-electron chi connectivity index (χ4n) is 4.66. The summed E-state index contributed by atoms with van der Waals surface area (Å²) in [5, 5.41) is 2.90. The molecule has 2 atom stereocenters. The molecule has 0 spiro atoms. The first kappa shape index (κ1) is 21.0. The van der Waals surface area contributed by atoms with Crippen molar-refractivity contribution >= 4 is 21.6 Å². The first-order valence-electron chi connectivity index (χ1n) is 10.8. The van der Waals surface area contributed by atoms with E-state index in [9.17, 15) is 13.2 Å². The van der Waals surface area contributed by atoms with Gasteiger partial charge in [-0.05, 0) is 49.4 Å². The molecule has 1 saturated heterocycles. The minimum Gasteiger partial charge on any atom is -0.323 e. The molecule has 2 aliphatic rings. The van der Waals surface area contributed by atoms with Gasteiger partial charge in [0.15, 0.2) is 6.54 Å². The van der Waals surface area contributed by atoms with E-state index in [2.05, 4.69) is 36.6 Å². The number of aryl methyl sites for hydroxylation is 1. The number of anilines is 1. The van der Waals surface area contributed by atoms with Crippen molar-refractivity contribution in [1.29, 1.82) is 0 Å². The number of hydrogen-bond donors (Lipinski definition) is 2. The van der Waals surface area contributed by atoms with Gasteiger partial charge < -0.3 is 10.2 Å². The molecule has 1 unspecified atom stereocenters. The summed E-state index contributed by atoms with van der Waals surface area (Å²) in [4.78, 5) is 14.1. The van der Waals surface area contributed by atoms with Crippen LogP contribution in [0, 0.1) is 0 Å². The number of carbonyl (C=O) groups is 1. The molecule has 0 bridgehead atoms. The number of nitrogens with one attached hydrogen (secondary N) is 2. The molecule has 2 aromatic carbocycles. The van der Waals surface area contributed by atoms with Crippen molar-refractivity contribution in [3.05, 3.63) is 59.7 Å². The second-order valence-corrected chi connectivity index (χ2v) is 10.3. The molecule has 1 heterocycles. The van der Waals surface area contributed by atoms with Gasteiger partial charge in [0.1, 0.15) is 6.04 Å². The number of quaternary nitrogens is 1. The Balaban J connectivity index is 1.42. The summed E-state index contributed by atoms with van der Waals surface area (Å²) < 4.78 is 27.1. The van der Waals surface area contributed by atoms with Crippen molar-refractivity contribution in [2.75, 3.05) is 32.0 Å². The second-order valence-electron chi connectivity index (χ2n) is 8.35. The third-order valence-corrected chi connectivity index (χ3v) is 8.12. The van der Waals surface area contributed by atoms with E-state index in [0.29, 0.717) is 31.4 Å². The van der Waals surface area contributed by atoms with E-state index in [1.165, 1.54) is 15.4 Å². The Morgan fingerprint density at radius 3 is 2.67 bits per heavy atom. The molecule has 4 rings (SSSR count). The maximum absolute atomic E-state index is 12.8. The quantitative estimate of drug-likeness (QED) is 0.739. The molecule has 2 aromatic rings. The topological polar surface area (TPSA) is 70.9 Å². The third-order valence-electron chi connectivity index (χ3n) is 6.22. The van der Waals surface area contributed by atoms with Gasteiger partial charge in [0, 0.05) is 30.8 Å². The number of fused-ring (bicyclic) bond motifs is 1. The van der Waals surface area contributed by atoms with E-state index in [4.69, 9.17) is 0 Å². The highest BCUT2D eigenvalue weighted by atomic mass is 32.2. The van der Waals surface area contributed by atoms with E-state index in [0.717, 1.165) is 37.0 Å². The number of benzene rings is 2. The molecule has 0 radical (unpaired) electrons. The van der Waals surface area contributed by atoms with Crippen molar-refractivity contribution in [3.8, 4) is 0 Å². The Bertz CT molecular complexity index is 1020. The summed E-state index contributed by atoms with van der Waals surface area (Å²) in [6.07, 6.45) is 5.10. The van der Waals surface area contributed by atoms with Crippen molar-refractivity contribution < 1.29 is 18.1 Å². The van der Waals surface area contributed by atoms with Gasteiger partial charge in [-0.1, -0.05) is 30.3 Å². The standard InChI is InChI=1S/C23H29N3O3S/c1-25(22-13-6-9-18-8-2-3-12-21(18)22)17-23(27)24-19-10-7-11-20(16-19)30(28,29)26-14-4-5-15-26/h2-3,7-8,10-12,16,22H,4-6,9,13-15,17H2,1H3,(H,24,27)/p+1/t22-/m1/s1.